The maximum absolute atomic E-state index is 12.6. The van der Waals surface area contributed by atoms with E-state index in [9.17, 15) is 9.18 Å². The number of hydrogen-bond donors (Lipinski definition) is 3. The molecule has 0 bridgehead atoms. The van der Waals surface area contributed by atoms with Crippen LogP contribution in [-0.2, 0) is 4.74 Å². The maximum atomic E-state index is 12.6. The Morgan fingerprint density at radius 3 is 2.59 bits per heavy atom. The number of carbonyl (C=O) groups excluding carboxylic acids is 1. The van der Waals surface area contributed by atoms with Crippen LogP contribution in [0.25, 0.3) is 0 Å². The van der Waals surface area contributed by atoms with Crippen LogP contribution in [0.3, 0.4) is 0 Å². The fourth-order valence-corrected chi connectivity index (χ4v) is 1.14. The summed E-state index contributed by atoms with van der Waals surface area (Å²) in [5, 5.41) is 2.92. The molecule has 1 amide bonds. The number of anilines is 1. The van der Waals surface area contributed by atoms with E-state index in [-0.39, 0.29) is 17.5 Å². The fraction of sp³-hybridized carbons (Fsp3) is 0.200. The first kappa shape index (κ1) is 13.2. The van der Waals surface area contributed by atoms with E-state index in [1.165, 1.54) is 24.3 Å². The summed E-state index contributed by atoms with van der Waals surface area (Å²) in [5.41, 5.74) is 5.26. The van der Waals surface area contributed by atoms with Gasteiger partial charge in [0, 0.05) is 5.69 Å². The van der Waals surface area contributed by atoms with Crippen LogP contribution in [0.15, 0.2) is 24.3 Å². The Bertz CT molecular complexity index is 397. The monoisotopic (exact) mass is 257 g/mol. The largest absolute Gasteiger partial charge is 0.449 e. The third-order valence-electron chi connectivity index (χ3n) is 1.66. The van der Waals surface area contributed by atoms with Gasteiger partial charge in [-0.2, -0.15) is 0 Å². The molecule has 7 heteroatoms. The average Bonchev–Trinajstić information content (AvgIpc) is 2.30. The molecule has 0 heterocycles. The molecule has 17 heavy (non-hydrogen) atoms. The van der Waals surface area contributed by atoms with E-state index in [0.717, 1.165) is 0 Å². The van der Waals surface area contributed by atoms with Gasteiger partial charge in [0.2, 0.25) is 0 Å². The Morgan fingerprint density at radius 2 is 2.00 bits per heavy atom. The number of hydrogen-bond acceptors (Lipinski definition) is 3. The molecule has 0 saturated heterocycles. The Balaban J connectivity index is 2.34. The van der Waals surface area contributed by atoms with Crippen molar-refractivity contribution in [3.8, 4) is 0 Å². The highest BCUT2D eigenvalue weighted by atomic mass is 32.1. The van der Waals surface area contributed by atoms with E-state index < -0.39 is 6.09 Å². The summed E-state index contributed by atoms with van der Waals surface area (Å²) in [6.07, 6.45) is -0.629. The molecular formula is C10H12FN3O2S. The molecular weight excluding hydrogens is 245 g/mol. The molecule has 1 aromatic carbocycles. The lowest BCUT2D eigenvalue weighted by atomic mass is 10.3. The molecule has 3 N–H and O–H groups in total. The number of carbonyl (C=O) groups is 1. The Kier molecular flexibility index (Phi) is 5.15. The van der Waals surface area contributed by atoms with Gasteiger partial charge in [-0.25, -0.2) is 14.6 Å². The minimum absolute atomic E-state index is 0.171. The van der Waals surface area contributed by atoms with Crippen LogP contribution >= 0.6 is 12.2 Å². The molecule has 0 atom stereocenters. The second-order valence-electron chi connectivity index (χ2n) is 2.93. The second kappa shape index (κ2) is 6.64. The van der Waals surface area contributed by atoms with Crippen molar-refractivity contribution in [2.75, 3.05) is 11.9 Å². The van der Waals surface area contributed by atoms with Crippen LogP contribution in [-0.4, -0.2) is 17.8 Å². The van der Waals surface area contributed by atoms with E-state index >= 15 is 0 Å². The van der Waals surface area contributed by atoms with E-state index in [1.54, 1.807) is 6.92 Å². The molecule has 0 fully saturated rings. The van der Waals surface area contributed by atoms with Gasteiger partial charge < -0.3 is 10.1 Å². The maximum Gasteiger partial charge on any atom is 0.425 e. The highest BCUT2D eigenvalue weighted by Gasteiger charge is 2.01. The van der Waals surface area contributed by atoms with Crippen LogP contribution in [0.1, 0.15) is 6.92 Å². The third kappa shape index (κ3) is 5.12. The number of ether oxygens (including phenoxy) is 1. The van der Waals surface area contributed by atoms with Crippen LogP contribution in [0.2, 0.25) is 0 Å². The smallest absolute Gasteiger partial charge is 0.425 e. The van der Waals surface area contributed by atoms with Crippen molar-refractivity contribution in [3.63, 3.8) is 0 Å². The normalized spacial score (nSPS) is 9.29. The van der Waals surface area contributed by atoms with Gasteiger partial charge in [0.15, 0.2) is 5.11 Å². The minimum atomic E-state index is -0.629. The zero-order valence-corrected chi connectivity index (χ0v) is 9.94. The van der Waals surface area contributed by atoms with Gasteiger partial charge in [-0.05, 0) is 43.4 Å². The zero-order chi connectivity index (χ0) is 12.7. The molecule has 0 radical (unpaired) electrons. The molecule has 0 spiro atoms. The van der Waals surface area contributed by atoms with Gasteiger partial charge in [0.1, 0.15) is 5.82 Å². The summed E-state index contributed by atoms with van der Waals surface area (Å²) >= 11 is 4.89. The quantitative estimate of drug-likeness (QED) is 0.557. The standard InChI is InChI=1S/C10H12FN3O2S/c1-2-16-10(15)14-13-9(17)12-8-5-3-7(11)4-6-8/h3-6H,2H2,1H3,(H,14,15)(H2,12,13,17). The summed E-state index contributed by atoms with van der Waals surface area (Å²) in [4.78, 5) is 10.9. The Morgan fingerprint density at radius 1 is 1.35 bits per heavy atom. The van der Waals surface area contributed by atoms with Crippen molar-refractivity contribution in [2.45, 2.75) is 6.92 Å². The second-order valence-corrected chi connectivity index (χ2v) is 3.34. The number of rotatable bonds is 2. The van der Waals surface area contributed by atoms with Gasteiger partial charge in [-0.3, -0.25) is 5.43 Å². The summed E-state index contributed by atoms with van der Waals surface area (Å²) < 4.78 is 17.2. The fourth-order valence-electron chi connectivity index (χ4n) is 0.971. The number of thiocarbonyl (C=S) groups is 1. The predicted octanol–water partition coefficient (Wildman–Crippen LogP) is 1.77. The van der Waals surface area contributed by atoms with Crippen LogP contribution in [0.5, 0.6) is 0 Å². The molecule has 92 valence electrons. The topological polar surface area (TPSA) is 62.4 Å². The van der Waals surface area contributed by atoms with E-state index in [0.29, 0.717) is 5.69 Å². The first-order valence-corrected chi connectivity index (χ1v) is 5.28. The lowest BCUT2D eigenvalue weighted by Gasteiger charge is -2.11. The van der Waals surface area contributed by atoms with Crippen molar-refractivity contribution in [1.82, 2.24) is 10.9 Å². The zero-order valence-electron chi connectivity index (χ0n) is 9.12. The Hall–Kier alpha value is -1.89. The van der Waals surface area contributed by atoms with Crippen molar-refractivity contribution in [1.29, 1.82) is 0 Å². The van der Waals surface area contributed by atoms with Crippen molar-refractivity contribution >= 4 is 29.1 Å². The first-order valence-electron chi connectivity index (χ1n) is 4.87. The van der Waals surface area contributed by atoms with E-state index in [1.807, 2.05) is 0 Å². The number of nitrogens with one attached hydrogen (secondary N) is 3. The van der Waals surface area contributed by atoms with Gasteiger partial charge in [0.25, 0.3) is 0 Å². The number of hydrazine groups is 1. The van der Waals surface area contributed by atoms with Gasteiger partial charge >= 0.3 is 6.09 Å². The molecule has 0 aliphatic heterocycles. The van der Waals surface area contributed by atoms with Crippen LogP contribution in [0, 0.1) is 5.82 Å². The third-order valence-corrected chi connectivity index (χ3v) is 1.86. The van der Waals surface area contributed by atoms with Crippen molar-refractivity contribution in [3.05, 3.63) is 30.1 Å². The molecule has 0 unspecified atom stereocenters. The van der Waals surface area contributed by atoms with Gasteiger partial charge in [-0.15, -0.1) is 0 Å². The summed E-state index contributed by atoms with van der Waals surface area (Å²) in [6, 6.07) is 5.63. The van der Waals surface area contributed by atoms with Crippen molar-refractivity contribution < 1.29 is 13.9 Å². The number of benzene rings is 1. The highest BCUT2D eigenvalue weighted by Crippen LogP contribution is 2.07. The molecule has 5 nitrogen and oxygen atoms in total. The van der Waals surface area contributed by atoms with Gasteiger partial charge in [0.05, 0.1) is 6.61 Å². The average molecular weight is 257 g/mol. The molecule has 0 aromatic heterocycles. The SMILES string of the molecule is CCOC(=O)NNC(=S)Nc1ccc(F)cc1. The Labute approximate surface area is 103 Å². The summed E-state index contributed by atoms with van der Waals surface area (Å²) in [5.74, 6) is -0.334. The summed E-state index contributed by atoms with van der Waals surface area (Å²) in [6.45, 7) is 1.96. The minimum Gasteiger partial charge on any atom is -0.449 e. The first-order chi connectivity index (χ1) is 8.11. The molecule has 0 aliphatic rings. The number of halogens is 1. The molecule has 1 aromatic rings. The highest BCUT2D eigenvalue weighted by molar-refractivity contribution is 7.80. The molecule has 0 aliphatic carbocycles. The van der Waals surface area contributed by atoms with Crippen molar-refractivity contribution in [2.24, 2.45) is 0 Å². The summed E-state index contributed by atoms with van der Waals surface area (Å²) in [7, 11) is 0. The number of amides is 1. The van der Waals surface area contributed by atoms with Gasteiger partial charge in [-0.1, -0.05) is 0 Å². The van der Waals surface area contributed by atoms with E-state index in [2.05, 4.69) is 20.9 Å². The predicted molar refractivity (Wildman–Crippen MR) is 65.9 cm³/mol. The van der Waals surface area contributed by atoms with E-state index in [4.69, 9.17) is 12.2 Å². The van der Waals surface area contributed by atoms with Crippen LogP contribution in [0.4, 0.5) is 14.9 Å². The molecule has 0 saturated carbocycles. The lowest BCUT2D eigenvalue weighted by Crippen LogP contribution is -2.43. The van der Waals surface area contributed by atoms with Crippen LogP contribution < -0.4 is 16.2 Å². The molecule has 1 rings (SSSR count). The lowest BCUT2D eigenvalue weighted by molar-refractivity contribution is 0.150.